The Labute approximate surface area is 253 Å². The second-order valence-electron chi connectivity index (χ2n) is 8.06. The van der Waals surface area contributed by atoms with Gasteiger partial charge in [0, 0.05) is 5.33 Å². The first kappa shape index (κ1) is 31.2. The van der Waals surface area contributed by atoms with Gasteiger partial charge in [-0.25, -0.2) is 0 Å². The van der Waals surface area contributed by atoms with Crippen molar-refractivity contribution in [1.29, 1.82) is 0 Å². The van der Waals surface area contributed by atoms with E-state index in [2.05, 4.69) is 108 Å². The second kappa shape index (κ2) is 13.7. The number of ether oxygens (including phenoxy) is 4. The Bertz CT molecular complexity index is 894. The van der Waals surface area contributed by atoms with Crippen LogP contribution in [0.5, 0.6) is 5.75 Å². The third-order valence-corrected chi connectivity index (χ3v) is 13.0. The van der Waals surface area contributed by atoms with Gasteiger partial charge in [-0.15, -0.1) is 0 Å². The van der Waals surface area contributed by atoms with Crippen molar-refractivity contribution < 1.29 is 18.9 Å². The molecule has 0 aliphatic heterocycles. The smallest absolute Gasteiger partial charge is 0.298 e. The summed E-state index contributed by atoms with van der Waals surface area (Å²) in [6, 6.07) is 17.9. The molecule has 0 saturated carbocycles. The van der Waals surface area contributed by atoms with Crippen molar-refractivity contribution in [2.45, 2.75) is 57.4 Å². The molecule has 0 fully saturated rings. The predicted octanol–water partition coefficient (Wildman–Crippen LogP) is 9.34. The average molecular weight is 860 g/mol. The van der Waals surface area contributed by atoms with E-state index in [0.29, 0.717) is 11.1 Å². The summed E-state index contributed by atoms with van der Waals surface area (Å²) >= 11 is 22.0. The fourth-order valence-corrected chi connectivity index (χ4v) is 6.27. The fourth-order valence-electron chi connectivity index (χ4n) is 2.95. The molecule has 0 aliphatic carbocycles. The molecule has 0 N–H and O–H groups in total. The van der Waals surface area contributed by atoms with Crippen LogP contribution in [0.4, 0.5) is 0 Å². The van der Waals surface area contributed by atoms with Gasteiger partial charge < -0.3 is 18.9 Å². The van der Waals surface area contributed by atoms with Crippen molar-refractivity contribution in [3.05, 3.63) is 54.6 Å². The van der Waals surface area contributed by atoms with E-state index >= 15 is 0 Å². The predicted molar refractivity (Wildman–Crippen MR) is 161 cm³/mol. The van der Waals surface area contributed by atoms with Crippen molar-refractivity contribution in [1.82, 2.24) is 0 Å². The number of benzene rings is 2. The van der Waals surface area contributed by atoms with Crippen molar-refractivity contribution in [3.8, 4) is 16.9 Å². The molecule has 0 saturated heterocycles. The number of alkyl halides is 6. The quantitative estimate of drug-likeness (QED) is 0.149. The summed E-state index contributed by atoms with van der Waals surface area (Å²) in [5, 5.41) is 0.603. The van der Waals surface area contributed by atoms with Gasteiger partial charge in [-0.3, -0.25) is 0 Å². The largest absolute Gasteiger partial charge is 0.450 e. The van der Waals surface area contributed by atoms with Crippen LogP contribution in [0.15, 0.2) is 54.6 Å². The lowest BCUT2D eigenvalue weighted by Gasteiger charge is -2.45. The molecule has 2 aromatic carbocycles. The molecular formula is C24H28Br6O4. The van der Waals surface area contributed by atoms with E-state index in [1.807, 2.05) is 70.2 Å². The highest BCUT2D eigenvalue weighted by Crippen LogP contribution is 2.59. The summed E-state index contributed by atoms with van der Waals surface area (Å²) in [6.45, 7) is 8.09. The van der Waals surface area contributed by atoms with Gasteiger partial charge >= 0.3 is 0 Å². The Balaban J connectivity index is 2.42. The first-order valence-electron chi connectivity index (χ1n) is 10.6. The van der Waals surface area contributed by atoms with Crippen LogP contribution < -0.4 is 4.74 Å². The molecule has 0 aliphatic rings. The van der Waals surface area contributed by atoms with Crippen LogP contribution in [0.2, 0.25) is 0 Å². The second-order valence-corrected chi connectivity index (χ2v) is 16.5. The van der Waals surface area contributed by atoms with Crippen LogP contribution in [0, 0.1) is 0 Å². The van der Waals surface area contributed by atoms with Crippen LogP contribution in [-0.4, -0.2) is 41.6 Å². The highest BCUT2D eigenvalue weighted by Gasteiger charge is 2.63. The van der Waals surface area contributed by atoms with Gasteiger partial charge in [0.2, 0.25) is 6.65 Å². The molecule has 0 heterocycles. The first-order valence-corrected chi connectivity index (χ1v) is 15.7. The molecular weight excluding hydrogens is 832 g/mol. The molecule has 2 atom stereocenters. The van der Waals surface area contributed by atoms with E-state index < -0.39 is 11.3 Å². The molecule has 0 radical (unpaired) electrons. The van der Waals surface area contributed by atoms with Crippen LogP contribution in [0.1, 0.15) is 27.7 Å². The Kier molecular flexibility index (Phi) is 12.6. The van der Waals surface area contributed by atoms with E-state index in [0.717, 1.165) is 11.1 Å². The van der Waals surface area contributed by atoms with Gasteiger partial charge in [-0.1, -0.05) is 90.3 Å². The number of hydrogen-bond donors (Lipinski definition) is 0. The van der Waals surface area contributed by atoms with Gasteiger partial charge in [-0.05, 0) is 98.7 Å². The van der Waals surface area contributed by atoms with Crippen LogP contribution in [0.3, 0.4) is 0 Å². The third kappa shape index (κ3) is 8.51. The van der Waals surface area contributed by atoms with E-state index in [-0.39, 0.29) is 24.9 Å². The lowest BCUT2D eigenvalue weighted by Crippen LogP contribution is -2.58. The van der Waals surface area contributed by atoms with Crippen LogP contribution in [0.25, 0.3) is 11.1 Å². The Morgan fingerprint density at radius 3 is 1.97 bits per heavy atom. The minimum Gasteiger partial charge on any atom is -0.450 e. The fraction of sp³-hybridized carbons (Fsp3) is 0.500. The van der Waals surface area contributed by atoms with Crippen LogP contribution in [-0.2, 0) is 14.2 Å². The molecule has 10 heteroatoms. The molecule has 2 unspecified atom stereocenters. The Morgan fingerprint density at radius 1 is 0.794 bits per heavy atom. The van der Waals surface area contributed by atoms with Crippen molar-refractivity contribution in [2.75, 3.05) is 11.9 Å². The van der Waals surface area contributed by atoms with E-state index in [9.17, 15) is 0 Å². The molecule has 34 heavy (non-hydrogen) atoms. The SMILES string of the molecule is CC(C)OC(CBr)COC(Br)(Oc1cccc(-c2ccccc2)c1)C(Br)(Br)C(Br)(Br)OC(C)C. The maximum Gasteiger partial charge on any atom is 0.298 e. The number of halogens is 6. The van der Waals surface area contributed by atoms with Gasteiger partial charge in [0.05, 0.1) is 24.9 Å². The van der Waals surface area contributed by atoms with Gasteiger partial charge in [0.25, 0.3) is 4.70 Å². The van der Waals surface area contributed by atoms with E-state index in [1.54, 1.807) is 0 Å². The van der Waals surface area contributed by atoms with Crippen LogP contribution >= 0.6 is 95.6 Å². The van der Waals surface area contributed by atoms with E-state index in [4.69, 9.17) is 18.9 Å². The number of rotatable bonds is 13. The molecule has 2 rings (SSSR count). The Hall–Kier alpha value is 1.000. The molecule has 190 valence electrons. The summed E-state index contributed by atoms with van der Waals surface area (Å²) < 4.78 is 21.2. The monoisotopic (exact) mass is 854 g/mol. The van der Waals surface area contributed by atoms with Crippen molar-refractivity contribution in [2.24, 2.45) is 0 Å². The normalized spacial score (nSPS) is 15.4. The number of hydrogen-bond acceptors (Lipinski definition) is 4. The zero-order valence-corrected chi connectivity index (χ0v) is 28.8. The molecule has 0 bridgehead atoms. The van der Waals surface area contributed by atoms with Gasteiger partial charge in [0.1, 0.15) is 5.75 Å². The van der Waals surface area contributed by atoms with E-state index in [1.165, 1.54) is 0 Å². The maximum atomic E-state index is 6.49. The minimum absolute atomic E-state index is 0.0489. The zero-order valence-electron chi connectivity index (χ0n) is 19.2. The van der Waals surface area contributed by atoms with Gasteiger partial charge in [0.15, 0.2) is 0 Å². The lowest BCUT2D eigenvalue weighted by atomic mass is 10.1. The standard InChI is InChI=1S/C24H28Br6O4/c1-16(2)32-21(14-25)15-31-24(30,22(26,27)23(28,29)33-17(3)4)34-20-12-8-11-19(13-20)18-9-6-5-7-10-18/h5-13,16-17,21H,14-15H2,1-4H3. The highest BCUT2D eigenvalue weighted by molar-refractivity contribution is 9.30. The summed E-state index contributed by atoms with van der Waals surface area (Å²) in [7, 11) is 0. The molecule has 4 nitrogen and oxygen atoms in total. The summed E-state index contributed by atoms with van der Waals surface area (Å²) in [4.78, 5) is 0. The summed E-state index contributed by atoms with van der Waals surface area (Å²) in [5.74, 6) is 0.599. The molecule has 0 spiro atoms. The minimum atomic E-state index is -1.45. The maximum absolute atomic E-state index is 6.49. The molecule has 0 aromatic heterocycles. The van der Waals surface area contributed by atoms with Gasteiger partial charge in [-0.2, -0.15) is 0 Å². The topological polar surface area (TPSA) is 36.9 Å². The lowest BCUT2D eigenvalue weighted by molar-refractivity contribution is -0.153. The zero-order chi connectivity index (χ0) is 25.6. The molecule has 0 amide bonds. The molecule has 2 aromatic rings. The Morgan fingerprint density at radius 2 is 1.41 bits per heavy atom. The summed E-state index contributed by atoms with van der Waals surface area (Å²) in [5.41, 5.74) is 2.10. The summed E-state index contributed by atoms with van der Waals surface area (Å²) in [6.07, 6.45) is -0.253. The average Bonchev–Trinajstić information content (AvgIpc) is 2.76. The van der Waals surface area contributed by atoms with Crippen molar-refractivity contribution in [3.63, 3.8) is 0 Å². The van der Waals surface area contributed by atoms with Crippen molar-refractivity contribution >= 4 is 95.6 Å². The highest BCUT2D eigenvalue weighted by atomic mass is 79.9. The first-order chi connectivity index (χ1) is 15.8. The third-order valence-electron chi connectivity index (χ3n) is 4.41.